The molecule has 1 amide bonds. The Kier molecular flexibility index (Phi) is 4.82. The Labute approximate surface area is 148 Å². The SMILES string of the molecule is O=C(Nc1ccc(Br)c(C(F)(F)F)c1)C1CCCN1c1nccs1. The van der Waals surface area contributed by atoms with Gasteiger partial charge in [-0.15, -0.1) is 11.3 Å². The Morgan fingerprint density at radius 2 is 2.21 bits per heavy atom. The lowest BCUT2D eigenvalue weighted by Gasteiger charge is -2.23. The molecule has 1 unspecified atom stereocenters. The number of hydrogen-bond acceptors (Lipinski definition) is 4. The molecule has 0 saturated carbocycles. The molecule has 24 heavy (non-hydrogen) atoms. The lowest BCUT2D eigenvalue weighted by atomic mass is 10.1. The normalized spacial score (nSPS) is 18.0. The monoisotopic (exact) mass is 419 g/mol. The number of anilines is 2. The third-order valence-electron chi connectivity index (χ3n) is 3.76. The highest BCUT2D eigenvalue weighted by molar-refractivity contribution is 9.10. The van der Waals surface area contributed by atoms with Crippen molar-refractivity contribution < 1.29 is 18.0 Å². The predicted molar refractivity (Wildman–Crippen MR) is 90.3 cm³/mol. The Balaban J connectivity index is 1.77. The molecule has 1 aromatic carbocycles. The number of carbonyl (C=O) groups is 1. The zero-order valence-corrected chi connectivity index (χ0v) is 14.7. The third-order valence-corrected chi connectivity index (χ3v) is 5.26. The second kappa shape index (κ2) is 6.72. The first-order chi connectivity index (χ1) is 11.4. The zero-order chi connectivity index (χ0) is 17.3. The zero-order valence-electron chi connectivity index (χ0n) is 12.3. The van der Waals surface area contributed by atoms with Crippen molar-refractivity contribution in [2.45, 2.75) is 25.1 Å². The van der Waals surface area contributed by atoms with Gasteiger partial charge < -0.3 is 10.2 Å². The van der Waals surface area contributed by atoms with Crippen molar-refractivity contribution in [2.75, 3.05) is 16.8 Å². The number of rotatable bonds is 3. The average Bonchev–Trinajstić information content (AvgIpc) is 3.18. The van der Waals surface area contributed by atoms with Gasteiger partial charge in [0.1, 0.15) is 6.04 Å². The van der Waals surface area contributed by atoms with E-state index in [-0.39, 0.29) is 16.1 Å². The molecule has 1 atom stereocenters. The highest BCUT2D eigenvalue weighted by Crippen LogP contribution is 2.36. The van der Waals surface area contributed by atoms with E-state index in [1.165, 1.54) is 23.5 Å². The number of carbonyl (C=O) groups excluding carboxylic acids is 1. The van der Waals surface area contributed by atoms with E-state index in [4.69, 9.17) is 0 Å². The van der Waals surface area contributed by atoms with Crippen molar-refractivity contribution in [3.8, 4) is 0 Å². The number of aromatic nitrogens is 1. The number of thiazole rings is 1. The second-order valence-electron chi connectivity index (χ2n) is 5.35. The summed E-state index contributed by atoms with van der Waals surface area (Å²) in [5.74, 6) is -0.321. The van der Waals surface area contributed by atoms with Gasteiger partial charge >= 0.3 is 6.18 Å². The number of nitrogens with one attached hydrogen (secondary N) is 1. The molecule has 0 radical (unpaired) electrons. The first kappa shape index (κ1) is 17.2. The van der Waals surface area contributed by atoms with Gasteiger partial charge in [0.05, 0.1) is 5.56 Å². The smallest absolute Gasteiger partial charge is 0.336 e. The van der Waals surface area contributed by atoms with Crippen LogP contribution in [0.3, 0.4) is 0 Å². The molecule has 1 N–H and O–H groups in total. The highest BCUT2D eigenvalue weighted by atomic mass is 79.9. The molecule has 4 nitrogen and oxygen atoms in total. The minimum absolute atomic E-state index is 0.0572. The van der Waals surface area contributed by atoms with Crippen molar-refractivity contribution >= 4 is 44.0 Å². The molecule has 2 aromatic rings. The van der Waals surface area contributed by atoms with E-state index in [2.05, 4.69) is 26.2 Å². The first-order valence-electron chi connectivity index (χ1n) is 7.20. The predicted octanol–water partition coefficient (Wildman–Crippen LogP) is 4.53. The molecule has 1 fully saturated rings. The van der Waals surface area contributed by atoms with Crippen LogP contribution in [-0.4, -0.2) is 23.5 Å². The molecule has 2 heterocycles. The Bertz CT molecular complexity index is 736. The second-order valence-corrected chi connectivity index (χ2v) is 7.08. The van der Waals surface area contributed by atoms with E-state index in [1.807, 2.05) is 10.3 Å². The van der Waals surface area contributed by atoms with Crippen LogP contribution in [0.2, 0.25) is 0 Å². The summed E-state index contributed by atoms with van der Waals surface area (Å²) >= 11 is 4.32. The van der Waals surface area contributed by atoms with Gasteiger partial charge in [-0.25, -0.2) is 4.98 Å². The summed E-state index contributed by atoms with van der Waals surface area (Å²) in [6, 6.07) is 3.24. The number of alkyl halides is 3. The van der Waals surface area contributed by atoms with Gasteiger partial charge in [-0.2, -0.15) is 13.2 Å². The summed E-state index contributed by atoms with van der Waals surface area (Å²) in [6.45, 7) is 0.708. The van der Waals surface area contributed by atoms with E-state index in [9.17, 15) is 18.0 Å². The molecule has 1 saturated heterocycles. The molecule has 3 rings (SSSR count). The van der Waals surface area contributed by atoms with Crippen LogP contribution in [0.25, 0.3) is 0 Å². The maximum Gasteiger partial charge on any atom is 0.417 e. The lowest BCUT2D eigenvalue weighted by molar-refractivity contribution is -0.138. The largest absolute Gasteiger partial charge is 0.417 e. The summed E-state index contributed by atoms with van der Waals surface area (Å²) < 4.78 is 38.8. The molecule has 1 aliphatic rings. The summed E-state index contributed by atoms with van der Waals surface area (Å²) in [5, 5.41) is 5.17. The maximum absolute atomic E-state index is 13.0. The van der Waals surface area contributed by atoms with E-state index in [1.54, 1.807) is 6.20 Å². The van der Waals surface area contributed by atoms with Gasteiger partial charge in [0, 0.05) is 28.3 Å². The third kappa shape index (κ3) is 3.56. The molecule has 1 aliphatic heterocycles. The standard InChI is InChI=1S/C15H13BrF3N3OS/c16-11-4-3-9(8-10(11)15(17,18)19)21-13(23)12-2-1-6-22(12)14-20-5-7-24-14/h3-5,7-8,12H,1-2,6H2,(H,21,23). The number of hydrogen-bond donors (Lipinski definition) is 1. The van der Waals surface area contributed by atoms with Crippen LogP contribution < -0.4 is 10.2 Å². The quantitative estimate of drug-likeness (QED) is 0.794. The fraction of sp³-hybridized carbons (Fsp3) is 0.333. The molecule has 1 aromatic heterocycles. The molecule has 0 spiro atoms. The molecular formula is C15H13BrF3N3OS. The van der Waals surface area contributed by atoms with Crippen LogP contribution in [0.5, 0.6) is 0 Å². The summed E-state index contributed by atoms with van der Waals surface area (Å²) in [5.41, 5.74) is -0.690. The molecule has 0 aliphatic carbocycles. The van der Waals surface area contributed by atoms with Gasteiger partial charge in [0.2, 0.25) is 5.91 Å². The number of amides is 1. The fourth-order valence-corrected chi connectivity index (χ4v) is 3.86. The number of benzene rings is 1. The van der Waals surface area contributed by atoms with Crippen molar-refractivity contribution in [1.82, 2.24) is 4.98 Å². The van der Waals surface area contributed by atoms with E-state index < -0.39 is 17.8 Å². The number of nitrogens with zero attached hydrogens (tertiary/aromatic N) is 2. The van der Waals surface area contributed by atoms with Gasteiger partial charge in [0.15, 0.2) is 5.13 Å². The first-order valence-corrected chi connectivity index (χ1v) is 8.87. The van der Waals surface area contributed by atoms with Gasteiger partial charge in [0.25, 0.3) is 0 Å². The van der Waals surface area contributed by atoms with Gasteiger partial charge in [-0.05, 0) is 31.0 Å². The van der Waals surface area contributed by atoms with Crippen LogP contribution in [-0.2, 0) is 11.0 Å². The lowest BCUT2D eigenvalue weighted by Crippen LogP contribution is -2.39. The number of halogens is 4. The van der Waals surface area contributed by atoms with Crippen molar-refractivity contribution in [2.24, 2.45) is 0 Å². The van der Waals surface area contributed by atoms with Crippen molar-refractivity contribution in [3.63, 3.8) is 0 Å². The molecule has 128 valence electrons. The van der Waals surface area contributed by atoms with Crippen LogP contribution in [0, 0.1) is 0 Å². The summed E-state index contributed by atoms with van der Waals surface area (Å²) in [7, 11) is 0. The Morgan fingerprint density at radius 1 is 1.42 bits per heavy atom. The van der Waals surface area contributed by atoms with E-state index in [0.29, 0.717) is 13.0 Å². The van der Waals surface area contributed by atoms with Crippen LogP contribution in [0.1, 0.15) is 18.4 Å². The summed E-state index contributed by atoms with van der Waals surface area (Å²) in [6.07, 6.45) is -1.34. The highest BCUT2D eigenvalue weighted by Gasteiger charge is 2.35. The average molecular weight is 420 g/mol. The van der Waals surface area contributed by atoms with Crippen LogP contribution >= 0.6 is 27.3 Å². The topological polar surface area (TPSA) is 45.2 Å². The molecule has 0 bridgehead atoms. The van der Waals surface area contributed by atoms with Gasteiger partial charge in [-0.1, -0.05) is 15.9 Å². The maximum atomic E-state index is 13.0. The van der Waals surface area contributed by atoms with E-state index in [0.717, 1.165) is 17.6 Å². The summed E-state index contributed by atoms with van der Waals surface area (Å²) in [4.78, 5) is 18.6. The van der Waals surface area contributed by atoms with Crippen molar-refractivity contribution in [1.29, 1.82) is 0 Å². The van der Waals surface area contributed by atoms with Crippen LogP contribution in [0.4, 0.5) is 24.0 Å². The molecular weight excluding hydrogens is 407 g/mol. The molecule has 9 heteroatoms. The van der Waals surface area contributed by atoms with E-state index >= 15 is 0 Å². The van der Waals surface area contributed by atoms with Crippen LogP contribution in [0.15, 0.2) is 34.2 Å². The Hall–Kier alpha value is -1.61. The minimum atomic E-state index is -4.49. The fourth-order valence-electron chi connectivity index (χ4n) is 2.67. The Morgan fingerprint density at radius 3 is 2.88 bits per heavy atom. The minimum Gasteiger partial charge on any atom is -0.336 e. The van der Waals surface area contributed by atoms with Crippen molar-refractivity contribution in [3.05, 3.63) is 39.8 Å². The van der Waals surface area contributed by atoms with Gasteiger partial charge in [-0.3, -0.25) is 4.79 Å².